The maximum absolute atomic E-state index is 8.52. The van der Waals surface area contributed by atoms with Gasteiger partial charge in [0.25, 0.3) is 0 Å². The fourth-order valence-electron chi connectivity index (χ4n) is 0. The Bertz CT molecular complexity index is 217. The normalized spacial score (nSPS) is 8.92. The molecule has 0 aliphatic carbocycles. The third kappa shape index (κ3) is 2690. The molecule has 0 fully saturated rings. The van der Waals surface area contributed by atoms with Gasteiger partial charge in [-0.2, -0.15) is 0 Å². The minimum atomic E-state index is -5.17. The van der Waals surface area contributed by atoms with Crippen LogP contribution in [-0.4, -0.2) is 35.0 Å². The Morgan fingerprint density at radius 2 is 0.615 bits per heavy atom. The van der Waals surface area contributed by atoms with Crippen molar-refractivity contribution in [1.82, 2.24) is 6.15 Å². The molecular formula is H3Cu2NO8S2. The fraction of sp³-hybridized carbons (Fsp3) is 0. The zero-order valence-electron chi connectivity index (χ0n) is 5.39. The molecule has 13 heavy (non-hydrogen) atoms. The summed E-state index contributed by atoms with van der Waals surface area (Å²) in [4.78, 5) is 0. The topological polar surface area (TPSA) is 196 Å². The van der Waals surface area contributed by atoms with E-state index in [1.807, 2.05) is 0 Å². The van der Waals surface area contributed by atoms with E-state index in [2.05, 4.69) is 0 Å². The van der Waals surface area contributed by atoms with Crippen LogP contribution in [0.25, 0.3) is 0 Å². The molecule has 90 valence electrons. The summed E-state index contributed by atoms with van der Waals surface area (Å²) < 4.78 is 68.2. The van der Waals surface area contributed by atoms with Crippen LogP contribution in [0.5, 0.6) is 0 Å². The smallest absolute Gasteiger partial charge is 0.759 e. The third-order valence-electron chi connectivity index (χ3n) is 0. The van der Waals surface area contributed by atoms with Gasteiger partial charge in [-0.25, -0.2) is 0 Å². The number of rotatable bonds is 0. The van der Waals surface area contributed by atoms with Crippen molar-refractivity contribution in [1.29, 1.82) is 0 Å². The van der Waals surface area contributed by atoms with Crippen LogP contribution in [-0.2, 0) is 54.9 Å². The molecule has 0 aromatic rings. The van der Waals surface area contributed by atoms with Crippen LogP contribution in [0, 0.1) is 0 Å². The molecule has 0 unspecified atom stereocenters. The summed E-state index contributed by atoms with van der Waals surface area (Å²) in [5.74, 6) is 0. The molecule has 0 heterocycles. The van der Waals surface area contributed by atoms with Gasteiger partial charge in [0.05, 0.1) is 0 Å². The monoisotopic (exact) mass is 335 g/mol. The van der Waals surface area contributed by atoms with E-state index in [4.69, 9.17) is 35.0 Å². The summed E-state index contributed by atoms with van der Waals surface area (Å²) in [6, 6.07) is 0. The van der Waals surface area contributed by atoms with E-state index in [-0.39, 0.29) is 40.3 Å². The van der Waals surface area contributed by atoms with Crippen molar-refractivity contribution < 1.29 is 69.2 Å². The standard InChI is InChI=1S/2Cu.H3N.2H2O4S/c;;;2*1-5(2,3)4/h;;1H3;2*(H2,1,2,3,4)/q2*+2;;;/p-4. The minimum absolute atomic E-state index is 0. The van der Waals surface area contributed by atoms with Crippen molar-refractivity contribution in [2.75, 3.05) is 0 Å². The molecule has 0 aromatic heterocycles. The Morgan fingerprint density at radius 1 is 0.615 bits per heavy atom. The first kappa shape index (κ1) is 29.2. The third-order valence-corrected chi connectivity index (χ3v) is 0. The summed E-state index contributed by atoms with van der Waals surface area (Å²) in [6.07, 6.45) is 0. The average molecular weight is 336 g/mol. The minimum Gasteiger partial charge on any atom is -0.759 e. The van der Waals surface area contributed by atoms with Gasteiger partial charge in [0.2, 0.25) is 0 Å². The molecule has 2 radical (unpaired) electrons. The van der Waals surface area contributed by atoms with E-state index >= 15 is 0 Å². The van der Waals surface area contributed by atoms with Crippen molar-refractivity contribution in [2.24, 2.45) is 0 Å². The Kier molecular flexibility index (Phi) is 24.3. The van der Waals surface area contributed by atoms with E-state index in [9.17, 15) is 0 Å². The molecule has 0 aromatic carbocycles. The van der Waals surface area contributed by atoms with E-state index in [0.717, 1.165) is 0 Å². The summed E-state index contributed by atoms with van der Waals surface area (Å²) in [5.41, 5.74) is 0. The summed E-state index contributed by atoms with van der Waals surface area (Å²) in [7, 11) is -10.3. The maximum atomic E-state index is 8.52. The van der Waals surface area contributed by atoms with Gasteiger partial charge in [-0.1, -0.05) is 0 Å². The fourth-order valence-corrected chi connectivity index (χ4v) is 0. The molecule has 0 saturated carbocycles. The van der Waals surface area contributed by atoms with Crippen molar-refractivity contribution in [3.8, 4) is 0 Å². The average Bonchev–Trinajstić information content (AvgIpc) is 1.12. The predicted octanol–water partition coefficient (Wildman–Crippen LogP) is -2.52. The molecule has 0 saturated heterocycles. The quantitative estimate of drug-likeness (QED) is 0.282. The summed E-state index contributed by atoms with van der Waals surface area (Å²) in [5, 5.41) is 0. The molecular weight excluding hydrogens is 333 g/mol. The van der Waals surface area contributed by atoms with Crippen molar-refractivity contribution in [3.05, 3.63) is 0 Å². The molecule has 0 amide bonds. The second kappa shape index (κ2) is 10.8. The molecule has 0 spiro atoms. The molecule has 0 atom stereocenters. The van der Waals surface area contributed by atoms with E-state index in [1.165, 1.54) is 0 Å². The Hall–Kier alpha value is 0.739. The van der Waals surface area contributed by atoms with E-state index in [0.29, 0.717) is 0 Å². The van der Waals surface area contributed by atoms with Crippen molar-refractivity contribution >= 4 is 20.8 Å². The van der Waals surface area contributed by atoms with Gasteiger partial charge in [0.1, 0.15) is 0 Å². The molecule has 0 bridgehead atoms. The zero-order valence-corrected chi connectivity index (χ0v) is 8.91. The van der Waals surface area contributed by atoms with Crippen molar-refractivity contribution in [2.45, 2.75) is 0 Å². The number of hydrogen-bond donors (Lipinski definition) is 1. The molecule has 0 rings (SSSR count). The molecule has 0 aliphatic heterocycles. The summed E-state index contributed by atoms with van der Waals surface area (Å²) in [6.45, 7) is 0. The van der Waals surface area contributed by atoms with Gasteiger partial charge in [0.15, 0.2) is 0 Å². The Balaban J connectivity index is -0.0000000267. The van der Waals surface area contributed by atoms with Gasteiger partial charge >= 0.3 is 34.1 Å². The second-order valence-electron chi connectivity index (χ2n) is 0.816. The van der Waals surface area contributed by atoms with E-state index in [1.54, 1.807) is 0 Å². The SMILES string of the molecule is N.O=S(=O)([O-])[O-].O=S(=O)([O-])[O-].[Cu+2].[Cu+2]. The van der Waals surface area contributed by atoms with Crippen LogP contribution < -0.4 is 6.15 Å². The van der Waals surface area contributed by atoms with Gasteiger partial charge in [-0.05, 0) is 0 Å². The molecule has 3 N–H and O–H groups in total. The molecule has 13 heteroatoms. The first-order valence-corrected chi connectivity index (χ1v) is 4.00. The summed E-state index contributed by atoms with van der Waals surface area (Å²) >= 11 is 0. The van der Waals surface area contributed by atoms with Crippen LogP contribution in [0.15, 0.2) is 0 Å². The van der Waals surface area contributed by atoms with Crippen LogP contribution >= 0.6 is 0 Å². The predicted molar refractivity (Wildman–Crippen MR) is 26.0 cm³/mol. The first-order valence-electron chi connectivity index (χ1n) is 1.33. The number of hydrogen-bond acceptors (Lipinski definition) is 9. The molecule has 0 aliphatic rings. The van der Waals surface area contributed by atoms with E-state index < -0.39 is 20.8 Å². The maximum Gasteiger partial charge on any atom is 2.00 e. The Morgan fingerprint density at radius 3 is 0.615 bits per heavy atom. The van der Waals surface area contributed by atoms with Gasteiger partial charge in [0, 0.05) is 20.8 Å². The van der Waals surface area contributed by atoms with Crippen LogP contribution in [0.2, 0.25) is 0 Å². The Labute approximate surface area is 96.0 Å². The van der Waals surface area contributed by atoms with Gasteiger partial charge < -0.3 is 24.4 Å². The van der Waals surface area contributed by atoms with Crippen LogP contribution in [0.1, 0.15) is 0 Å². The first-order chi connectivity index (χ1) is 4.00. The largest absolute Gasteiger partial charge is 2.00 e. The van der Waals surface area contributed by atoms with Crippen LogP contribution in [0.3, 0.4) is 0 Å². The van der Waals surface area contributed by atoms with Gasteiger partial charge in [-0.3, -0.25) is 16.8 Å². The van der Waals surface area contributed by atoms with Gasteiger partial charge in [-0.15, -0.1) is 0 Å². The van der Waals surface area contributed by atoms with Crippen molar-refractivity contribution in [3.63, 3.8) is 0 Å². The zero-order chi connectivity index (χ0) is 9.00. The van der Waals surface area contributed by atoms with Crippen LogP contribution in [0.4, 0.5) is 0 Å². The molecule has 9 nitrogen and oxygen atoms in total. The second-order valence-corrected chi connectivity index (χ2v) is 2.45.